The van der Waals surface area contributed by atoms with Gasteiger partial charge in [-0.1, -0.05) is 0 Å². The molecule has 1 amide bonds. The number of hydrogen-bond donors (Lipinski definition) is 0. The van der Waals surface area contributed by atoms with Gasteiger partial charge in [0.25, 0.3) is 0 Å². The van der Waals surface area contributed by atoms with E-state index in [-0.39, 0.29) is 18.1 Å². The van der Waals surface area contributed by atoms with Crippen LogP contribution in [0.2, 0.25) is 0 Å². The van der Waals surface area contributed by atoms with E-state index < -0.39 is 5.97 Å². The highest BCUT2D eigenvalue weighted by molar-refractivity contribution is 5.86. The van der Waals surface area contributed by atoms with E-state index in [0.29, 0.717) is 12.4 Å². The molecule has 0 N–H and O–H groups in total. The summed E-state index contributed by atoms with van der Waals surface area (Å²) in [5.74, 6) is -0.0162. The number of carbonyl (C=O) groups is 2. The van der Waals surface area contributed by atoms with Gasteiger partial charge in [-0.25, -0.2) is 14.8 Å². The number of amides is 1. The first-order valence-electron chi connectivity index (χ1n) is 5.85. The monoisotopic (exact) mass is 266 g/mol. The molecule has 104 valence electrons. The first kappa shape index (κ1) is 14.9. The van der Waals surface area contributed by atoms with Gasteiger partial charge in [-0.3, -0.25) is 4.79 Å². The number of esters is 1. The fourth-order valence-electron chi connectivity index (χ4n) is 1.35. The van der Waals surface area contributed by atoms with Crippen molar-refractivity contribution in [1.82, 2.24) is 14.9 Å². The van der Waals surface area contributed by atoms with Crippen molar-refractivity contribution in [2.45, 2.75) is 6.92 Å². The predicted octanol–water partition coefficient (Wildman–Crippen LogP) is 0.178. The van der Waals surface area contributed by atoms with Gasteiger partial charge in [0.15, 0.2) is 5.69 Å². The average Bonchev–Trinajstić information content (AvgIpc) is 2.43. The highest BCUT2D eigenvalue weighted by atomic mass is 16.5. The predicted molar refractivity (Wildman–Crippen MR) is 70.0 cm³/mol. The molecule has 0 unspecified atom stereocenters. The first-order valence-corrected chi connectivity index (χ1v) is 5.85. The topological polar surface area (TPSA) is 75.6 Å². The van der Waals surface area contributed by atoms with Gasteiger partial charge in [0.2, 0.25) is 5.91 Å². The zero-order chi connectivity index (χ0) is 14.4. The molecule has 0 aromatic carbocycles. The zero-order valence-electron chi connectivity index (χ0n) is 11.6. The van der Waals surface area contributed by atoms with Gasteiger partial charge in [0.05, 0.1) is 26.0 Å². The standard InChI is InChI=1S/C12H18N4O3/c1-5-16(8-11(17)15(2)3)10-7-13-9(6-14-10)12(18)19-4/h6-7H,5,8H2,1-4H3. The van der Waals surface area contributed by atoms with Crippen LogP contribution in [0, 0.1) is 0 Å². The van der Waals surface area contributed by atoms with Crippen molar-refractivity contribution >= 4 is 17.7 Å². The van der Waals surface area contributed by atoms with Crippen LogP contribution in [-0.2, 0) is 9.53 Å². The number of hydrogen-bond acceptors (Lipinski definition) is 6. The van der Waals surface area contributed by atoms with Crippen LogP contribution in [0.15, 0.2) is 12.4 Å². The van der Waals surface area contributed by atoms with E-state index in [1.165, 1.54) is 24.4 Å². The van der Waals surface area contributed by atoms with E-state index in [2.05, 4.69) is 14.7 Å². The summed E-state index contributed by atoms with van der Waals surface area (Å²) in [6, 6.07) is 0. The number of anilines is 1. The van der Waals surface area contributed by atoms with E-state index in [9.17, 15) is 9.59 Å². The van der Waals surface area contributed by atoms with Crippen molar-refractivity contribution in [2.75, 3.05) is 39.2 Å². The largest absolute Gasteiger partial charge is 0.464 e. The molecule has 0 aliphatic heterocycles. The van der Waals surface area contributed by atoms with Crippen molar-refractivity contribution in [3.8, 4) is 0 Å². The summed E-state index contributed by atoms with van der Waals surface area (Å²) < 4.78 is 4.54. The Balaban J connectivity index is 2.82. The van der Waals surface area contributed by atoms with Gasteiger partial charge in [0.1, 0.15) is 5.82 Å². The van der Waals surface area contributed by atoms with E-state index >= 15 is 0 Å². The van der Waals surface area contributed by atoms with Crippen LogP contribution in [0.4, 0.5) is 5.82 Å². The molecule has 0 saturated carbocycles. The van der Waals surface area contributed by atoms with Crippen LogP contribution in [0.3, 0.4) is 0 Å². The quantitative estimate of drug-likeness (QED) is 0.708. The molecule has 7 nitrogen and oxygen atoms in total. The Morgan fingerprint density at radius 1 is 1.26 bits per heavy atom. The fourth-order valence-corrected chi connectivity index (χ4v) is 1.35. The molecule has 1 rings (SSSR count). The molecule has 0 aliphatic rings. The van der Waals surface area contributed by atoms with E-state index in [1.807, 2.05) is 6.92 Å². The van der Waals surface area contributed by atoms with Gasteiger partial charge in [-0.05, 0) is 6.92 Å². The van der Waals surface area contributed by atoms with E-state index in [1.54, 1.807) is 19.0 Å². The summed E-state index contributed by atoms with van der Waals surface area (Å²) in [5.41, 5.74) is 0.140. The lowest BCUT2D eigenvalue weighted by molar-refractivity contribution is -0.127. The third-order valence-corrected chi connectivity index (χ3v) is 2.56. The molecule has 0 atom stereocenters. The van der Waals surface area contributed by atoms with Gasteiger partial charge in [0, 0.05) is 20.6 Å². The third-order valence-electron chi connectivity index (χ3n) is 2.56. The van der Waals surface area contributed by atoms with Gasteiger partial charge >= 0.3 is 5.97 Å². The van der Waals surface area contributed by atoms with Crippen molar-refractivity contribution in [3.63, 3.8) is 0 Å². The first-order chi connectivity index (χ1) is 8.99. The lowest BCUT2D eigenvalue weighted by atomic mass is 10.4. The molecule has 1 aromatic heterocycles. The Hall–Kier alpha value is -2.18. The lowest BCUT2D eigenvalue weighted by Gasteiger charge is -2.22. The molecule has 0 fully saturated rings. The molecule has 19 heavy (non-hydrogen) atoms. The van der Waals surface area contributed by atoms with Crippen LogP contribution in [0.25, 0.3) is 0 Å². The highest BCUT2D eigenvalue weighted by Gasteiger charge is 2.14. The molecular formula is C12H18N4O3. The summed E-state index contributed by atoms with van der Waals surface area (Å²) in [5, 5.41) is 0. The van der Waals surface area contributed by atoms with Gasteiger partial charge in [-0.15, -0.1) is 0 Å². The Kier molecular flexibility index (Phi) is 5.23. The molecular weight excluding hydrogens is 248 g/mol. The number of ether oxygens (including phenoxy) is 1. The van der Waals surface area contributed by atoms with Crippen molar-refractivity contribution in [3.05, 3.63) is 18.1 Å². The Morgan fingerprint density at radius 2 is 1.95 bits per heavy atom. The molecule has 0 radical (unpaired) electrons. The third kappa shape index (κ3) is 3.90. The Bertz CT molecular complexity index is 445. The summed E-state index contributed by atoms with van der Waals surface area (Å²) in [6.07, 6.45) is 2.79. The molecule has 0 saturated heterocycles. The zero-order valence-corrected chi connectivity index (χ0v) is 11.6. The summed E-state index contributed by atoms with van der Waals surface area (Å²) >= 11 is 0. The number of likely N-dealkylation sites (N-methyl/N-ethyl adjacent to an activating group) is 2. The summed E-state index contributed by atoms with van der Waals surface area (Å²) in [7, 11) is 4.68. The van der Waals surface area contributed by atoms with Crippen molar-refractivity contribution < 1.29 is 14.3 Å². The van der Waals surface area contributed by atoms with Crippen LogP contribution in [-0.4, -0.2) is 61.0 Å². The van der Waals surface area contributed by atoms with Crippen LogP contribution in [0.1, 0.15) is 17.4 Å². The fraction of sp³-hybridized carbons (Fsp3) is 0.500. The number of nitrogens with zero attached hydrogens (tertiary/aromatic N) is 4. The van der Waals surface area contributed by atoms with Gasteiger partial charge in [-0.2, -0.15) is 0 Å². The molecule has 1 heterocycles. The minimum atomic E-state index is -0.536. The van der Waals surface area contributed by atoms with Gasteiger partial charge < -0.3 is 14.5 Å². The van der Waals surface area contributed by atoms with Crippen LogP contribution in [0.5, 0.6) is 0 Å². The Morgan fingerprint density at radius 3 is 2.37 bits per heavy atom. The highest BCUT2D eigenvalue weighted by Crippen LogP contribution is 2.09. The minimum Gasteiger partial charge on any atom is -0.464 e. The Labute approximate surface area is 112 Å². The maximum absolute atomic E-state index is 11.7. The molecule has 7 heteroatoms. The smallest absolute Gasteiger partial charge is 0.358 e. The molecule has 0 aliphatic carbocycles. The van der Waals surface area contributed by atoms with E-state index in [4.69, 9.17) is 0 Å². The minimum absolute atomic E-state index is 0.0271. The van der Waals surface area contributed by atoms with Crippen LogP contribution < -0.4 is 4.90 Å². The maximum Gasteiger partial charge on any atom is 0.358 e. The number of rotatable bonds is 5. The second kappa shape index (κ2) is 6.67. The summed E-state index contributed by atoms with van der Waals surface area (Å²) in [4.78, 5) is 34.3. The molecule has 1 aromatic rings. The second-order valence-corrected chi connectivity index (χ2v) is 4.05. The van der Waals surface area contributed by atoms with Crippen molar-refractivity contribution in [2.24, 2.45) is 0 Å². The number of aromatic nitrogens is 2. The average molecular weight is 266 g/mol. The normalized spacial score (nSPS) is 9.89. The number of methoxy groups -OCH3 is 1. The number of carbonyl (C=O) groups excluding carboxylic acids is 2. The molecule has 0 spiro atoms. The lowest BCUT2D eigenvalue weighted by Crippen LogP contribution is -2.37. The van der Waals surface area contributed by atoms with E-state index in [0.717, 1.165) is 0 Å². The summed E-state index contributed by atoms with van der Waals surface area (Å²) in [6.45, 7) is 2.75. The second-order valence-electron chi connectivity index (χ2n) is 4.05. The molecule has 0 bridgehead atoms. The van der Waals surface area contributed by atoms with Crippen LogP contribution >= 0.6 is 0 Å². The van der Waals surface area contributed by atoms with Crippen molar-refractivity contribution in [1.29, 1.82) is 0 Å². The SMILES string of the molecule is CCN(CC(=O)N(C)C)c1cnc(C(=O)OC)cn1. The maximum atomic E-state index is 11.7.